The molecule has 3 nitrogen and oxygen atoms in total. The van der Waals surface area contributed by atoms with Crippen LogP contribution in [0.2, 0.25) is 5.02 Å². The molecular formula is C15H21BrClNO2. The molecule has 2 unspecified atom stereocenters. The number of amides is 1. The first-order valence-electron chi connectivity index (χ1n) is 6.72. The third-order valence-electron chi connectivity index (χ3n) is 2.70. The van der Waals surface area contributed by atoms with E-state index >= 15 is 0 Å². The van der Waals surface area contributed by atoms with Crippen molar-refractivity contribution in [1.82, 2.24) is 5.32 Å². The van der Waals surface area contributed by atoms with Gasteiger partial charge in [-0.3, -0.25) is 4.79 Å². The van der Waals surface area contributed by atoms with E-state index in [9.17, 15) is 4.79 Å². The summed E-state index contributed by atoms with van der Waals surface area (Å²) < 4.78 is 5.56. The van der Waals surface area contributed by atoms with Crippen LogP contribution in [0.5, 0.6) is 5.75 Å². The van der Waals surface area contributed by atoms with Crippen LogP contribution in [0.4, 0.5) is 0 Å². The summed E-state index contributed by atoms with van der Waals surface area (Å²) >= 11 is 9.43. The van der Waals surface area contributed by atoms with Crippen molar-refractivity contribution >= 4 is 33.4 Å². The molecule has 0 fully saturated rings. The second-order valence-electron chi connectivity index (χ2n) is 5.19. The van der Waals surface area contributed by atoms with E-state index in [4.69, 9.17) is 16.3 Å². The first-order chi connectivity index (χ1) is 9.38. The Kier molecular flexibility index (Phi) is 7.38. The molecule has 0 radical (unpaired) electrons. The molecule has 1 aromatic rings. The first-order valence-corrected chi connectivity index (χ1v) is 8.02. The van der Waals surface area contributed by atoms with Crippen molar-refractivity contribution < 1.29 is 9.53 Å². The maximum atomic E-state index is 11.9. The number of halogens is 2. The zero-order chi connectivity index (χ0) is 15.1. The predicted molar refractivity (Wildman–Crippen MR) is 86.7 cm³/mol. The lowest BCUT2D eigenvalue weighted by Gasteiger charge is -2.17. The highest BCUT2D eigenvalue weighted by Crippen LogP contribution is 2.18. The Hall–Kier alpha value is -0.740. The van der Waals surface area contributed by atoms with Gasteiger partial charge in [0.1, 0.15) is 5.75 Å². The van der Waals surface area contributed by atoms with Crippen LogP contribution >= 0.6 is 27.5 Å². The van der Waals surface area contributed by atoms with Gasteiger partial charge in [0.25, 0.3) is 5.91 Å². The molecule has 1 rings (SSSR count). The van der Waals surface area contributed by atoms with E-state index in [1.165, 1.54) is 0 Å². The Labute approximate surface area is 134 Å². The first kappa shape index (κ1) is 17.3. The molecule has 0 aliphatic rings. The van der Waals surface area contributed by atoms with Crippen molar-refractivity contribution in [3.63, 3.8) is 0 Å². The third kappa shape index (κ3) is 6.62. The van der Waals surface area contributed by atoms with Gasteiger partial charge in [0.15, 0.2) is 6.10 Å². The summed E-state index contributed by atoms with van der Waals surface area (Å²) in [5.74, 6) is 1.06. The molecule has 0 saturated carbocycles. The zero-order valence-corrected chi connectivity index (χ0v) is 14.4. The van der Waals surface area contributed by atoms with Crippen molar-refractivity contribution in [1.29, 1.82) is 0 Å². The smallest absolute Gasteiger partial charge is 0.260 e. The number of rotatable bonds is 7. The van der Waals surface area contributed by atoms with Crippen LogP contribution in [0.1, 0.15) is 27.2 Å². The molecule has 0 aliphatic heterocycles. The van der Waals surface area contributed by atoms with Crippen LogP contribution in [-0.2, 0) is 4.79 Å². The maximum absolute atomic E-state index is 11.9. The molecule has 0 saturated heterocycles. The number of carbonyl (C=O) groups excluding carboxylic acids is 1. The third-order valence-corrected chi connectivity index (χ3v) is 3.64. The van der Waals surface area contributed by atoms with Gasteiger partial charge in [-0.1, -0.05) is 47.4 Å². The fourth-order valence-corrected chi connectivity index (χ4v) is 2.84. The monoisotopic (exact) mass is 361 g/mol. The van der Waals surface area contributed by atoms with Crippen LogP contribution in [-0.4, -0.2) is 23.4 Å². The van der Waals surface area contributed by atoms with Gasteiger partial charge in [-0.2, -0.15) is 0 Å². The van der Waals surface area contributed by atoms with Crippen molar-refractivity contribution in [3.05, 3.63) is 29.3 Å². The molecule has 1 aromatic carbocycles. The van der Waals surface area contributed by atoms with Gasteiger partial charge in [0.2, 0.25) is 0 Å². The molecule has 2 atom stereocenters. The van der Waals surface area contributed by atoms with E-state index in [1.54, 1.807) is 31.2 Å². The van der Waals surface area contributed by atoms with Crippen molar-refractivity contribution in [2.75, 3.05) is 6.54 Å². The number of hydrogen-bond acceptors (Lipinski definition) is 2. The van der Waals surface area contributed by atoms with Gasteiger partial charge in [-0.05, 0) is 37.5 Å². The lowest BCUT2D eigenvalue weighted by atomic mass is 10.1. The molecule has 112 valence electrons. The van der Waals surface area contributed by atoms with E-state index in [-0.39, 0.29) is 10.7 Å². The summed E-state index contributed by atoms with van der Waals surface area (Å²) in [6, 6.07) is 7.03. The number of alkyl halides is 1. The van der Waals surface area contributed by atoms with Crippen LogP contribution in [0.25, 0.3) is 0 Å². The summed E-state index contributed by atoms with van der Waals surface area (Å²) in [4.78, 5) is 12.2. The SMILES string of the molecule is CC(C)CC(Br)CNC(=O)C(C)Oc1cccc(Cl)c1. The van der Waals surface area contributed by atoms with Crippen LogP contribution < -0.4 is 10.1 Å². The number of nitrogens with one attached hydrogen (secondary N) is 1. The Balaban J connectivity index is 2.39. The standard InChI is InChI=1S/C15H21BrClNO2/c1-10(2)7-12(16)9-18-15(19)11(3)20-14-6-4-5-13(17)8-14/h4-6,8,10-12H,7,9H2,1-3H3,(H,18,19). The average Bonchev–Trinajstić information content (AvgIpc) is 2.35. The van der Waals surface area contributed by atoms with E-state index in [1.807, 2.05) is 0 Å². The quantitative estimate of drug-likeness (QED) is 0.744. The average molecular weight is 363 g/mol. The van der Waals surface area contributed by atoms with Crippen molar-refractivity contribution in [3.8, 4) is 5.75 Å². The van der Waals surface area contributed by atoms with Crippen molar-refractivity contribution in [2.45, 2.75) is 38.1 Å². The van der Waals surface area contributed by atoms with E-state index in [0.29, 0.717) is 23.2 Å². The molecule has 0 aliphatic carbocycles. The molecule has 1 N–H and O–H groups in total. The molecule has 20 heavy (non-hydrogen) atoms. The van der Waals surface area contributed by atoms with Crippen LogP contribution in [0.15, 0.2) is 24.3 Å². The lowest BCUT2D eigenvalue weighted by Crippen LogP contribution is -2.39. The normalized spacial score (nSPS) is 13.9. The fraction of sp³-hybridized carbons (Fsp3) is 0.533. The summed E-state index contributed by atoms with van der Waals surface area (Å²) in [5.41, 5.74) is 0. The van der Waals surface area contributed by atoms with Crippen molar-refractivity contribution in [2.24, 2.45) is 5.92 Å². The predicted octanol–water partition coefficient (Wildman–Crippen LogP) is 4.03. The second kappa shape index (κ2) is 8.53. The van der Waals surface area contributed by atoms with E-state index < -0.39 is 6.10 Å². The molecular weight excluding hydrogens is 342 g/mol. The van der Waals surface area contributed by atoms with E-state index in [0.717, 1.165) is 6.42 Å². The van der Waals surface area contributed by atoms with Gasteiger partial charge >= 0.3 is 0 Å². The van der Waals surface area contributed by atoms with Crippen LogP contribution in [0, 0.1) is 5.92 Å². The molecule has 0 spiro atoms. The number of carbonyl (C=O) groups is 1. The Morgan fingerprint density at radius 2 is 2.10 bits per heavy atom. The summed E-state index contributed by atoms with van der Waals surface area (Å²) in [5, 5.41) is 3.47. The molecule has 1 amide bonds. The minimum atomic E-state index is -0.549. The minimum Gasteiger partial charge on any atom is -0.481 e. The second-order valence-corrected chi connectivity index (χ2v) is 6.92. The Morgan fingerprint density at radius 3 is 2.70 bits per heavy atom. The summed E-state index contributed by atoms with van der Waals surface area (Å²) in [6.45, 7) is 6.63. The Bertz CT molecular complexity index is 440. The highest BCUT2D eigenvalue weighted by molar-refractivity contribution is 9.09. The van der Waals surface area contributed by atoms with Gasteiger partial charge < -0.3 is 10.1 Å². The highest BCUT2D eigenvalue weighted by Gasteiger charge is 2.16. The molecule has 0 heterocycles. The Morgan fingerprint density at radius 1 is 1.40 bits per heavy atom. The van der Waals surface area contributed by atoms with Gasteiger partial charge in [-0.15, -0.1) is 0 Å². The molecule has 0 aromatic heterocycles. The number of ether oxygens (including phenoxy) is 1. The maximum Gasteiger partial charge on any atom is 0.260 e. The lowest BCUT2D eigenvalue weighted by molar-refractivity contribution is -0.127. The number of benzene rings is 1. The minimum absolute atomic E-state index is 0.127. The number of hydrogen-bond donors (Lipinski definition) is 1. The highest BCUT2D eigenvalue weighted by atomic mass is 79.9. The van der Waals surface area contributed by atoms with E-state index in [2.05, 4.69) is 35.1 Å². The van der Waals surface area contributed by atoms with Gasteiger partial charge in [0, 0.05) is 16.4 Å². The zero-order valence-electron chi connectivity index (χ0n) is 12.0. The summed E-state index contributed by atoms with van der Waals surface area (Å²) in [6.07, 6.45) is 0.469. The largest absolute Gasteiger partial charge is 0.481 e. The van der Waals surface area contributed by atoms with Crippen LogP contribution in [0.3, 0.4) is 0 Å². The topological polar surface area (TPSA) is 38.3 Å². The summed E-state index contributed by atoms with van der Waals surface area (Å²) in [7, 11) is 0. The van der Waals surface area contributed by atoms with Gasteiger partial charge in [-0.25, -0.2) is 0 Å². The van der Waals surface area contributed by atoms with Gasteiger partial charge in [0.05, 0.1) is 0 Å². The molecule has 0 bridgehead atoms. The fourth-order valence-electron chi connectivity index (χ4n) is 1.75. The molecule has 5 heteroatoms.